The standard InChI is InChI=1S/C9H11BrN2O2S/c1-12-5-7(10)6(4-8(12)13)9(14)11-2-3-15/h4-5,15H,2-3H2,1H3,(H,11,14). The largest absolute Gasteiger partial charge is 0.351 e. The van der Waals surface area contributed by atoms with Gasteiger partial charge in [-0.25, -0.2) is 0 Å². The predicted molar refractivity (Wildman–Crippen MR) is 65.6 cm³/mol. The second-order valence-electron chi connectivity index (χ2n) is 2.96. The number of halogens is 1. The van der Waals surface area contributed by atoms with Gasteiger partial charge in [-0.1, -0.05) is 0 Å². The quantitative estimate of drug-likeness (QED) is 0.810. The summed E-state index contributed by atoms with van der Waals surface area (Å²) in [7, 11) is 1.63. The Hall–Kier alpha value is -0.750. The van der Waals surface area contributed by atoms with Gasteiger partial charge < -0.3 is 9.88 Å². The van der Waals surface area contributed by atoms with Gasteiger partial charge in [0.2, 0.25) is 0 Å². The number of hydrogen-bond acceptors (Lipinski definition) is 3. The van der Waals surface area contributed by atoms with Crippen molar-refractivity contribution in [2.75, 3.05) is 12.3 Å². The molecule has 0 radical (unpaired) electrons. The maximum absolute atomic E-state index is 11.6. The fourth-order valence-corrected chi connectivity index (χ4v) is 1.75. The van der Waals surface area contributed by atoms with Crippen molar-refractivity contribution in [3.05, 3.63) is 32.7 Å². The Morgan fingerprint density at radius 3 is 2.93 bits per heavy atom. The molecule has 1 rings (SSSR count). The first-order valence-electron chi connectivity index (χ1n) is 4.31. The highest BCUT2D eigenvalue weighted by Crippen LogP contribution is 2.13. The number of nitrogens with one attached hydrogen (secondary N) is 1. The lowest BCUT2D eigenvalue weighted by Crippen LogP contribution is -2.28. The van der Waals surface area contributed by atoms with Gasteiger partial charge in [-0.05, 0) is 15.9 Å². The van der Waals surface area contributed by atoms with Crippen LogP contribution in [-0.2, 0) is 7.05 Å². The highest BCUT2D eigenvalue weighted by atomic mass is 79.9. The number of amides is 1. The smallest absolute Gasteiger partial charge is 0.252 e. The lowest BCUT2D eigenvalue weighted by atomic mass is 10.2. The van der Waals surface area contributed by atoms with Gasteiger partial charge >= 0.3 is 0 Å². The molecule has 1 N–H and O–H groups in total. The second-order valence-corrected chi connectivity index (χ2v) is 4.27. The Bertz CT molecular complexity index is 431. The average molecular weight is 291 g/mol. The van der Waals surface area contributed by atoms with E-state index in [0.717, 1.165) is 0 Å². The number of aromatic nitrogens is 1. The number of rotatable bonds is 3. The van der Waals surface area contributed by atoms with E-state index in [4.69, 9.17) is 0 Å². The number of carbonyl (C=O) groups excluding carboxylic acids is 1. The van der Waals surface area contributed by atoms with Gasteiger partial charge in [0, 0.05) is 36.1 Å². The Morgan fingerprint density at radius 2 is 2.33 bits per heavy atom. The molecule has 6 heteroatoms. The third kappa shape index (κ3) is 3.10. The number of hydrogen-bond donors (Lipinski definition) is 2. The molecule has 15 heavy (non-hydrogen) atoms. The van der Waals surface area contributed by atoms with E-state index < -0.39 is 0 Å². The molecule has 1 aromatic heterocycles. The summed E-state index contributed by atoms with van der Waals surface area (Å²) in [4.78, 5) is 22.9. The SMILES string of the molecule is Cn1cc(Br)c(C(=O)NCCS)cc1=O. The molecule has 0 aliphatic heterocycles. The van der Waals surface area contributed by atoms with Gasteiger partial charge in [-0.15, -0.1) is 0 Å². The molecule has 0 aliphatic carbocycles. The Balaban J connectivity index is 2.99. The van der Waals surface area contributed by atoms with E-state index in [9.17, 15) is 9.59 Å². The zero-order chi connectivity index (χ0) is 11.4. The Morgan fingerprint density at radius 1 is 1.67 bits per heavy atom. The van der Waals surface area contributed by atoms with E-state index in [-0.39, 0.29) is 11.5 Å². The van der Waals surface area contributed by atoms with Crippen molar-refractivity contribution in [1.29, 1.82) is 0 Å². The van der Waals surface area contributed by atoms with Gasteiger partial charge in [0.15, 0.2) is 0 Å². The summed E-state index contributed by atoms with van der Waals surface area (Å²) in [5, 5.41) is 2.64. The van der Waals surface area contributed by atoms with Gasteiger partial charge in [-0.2, -0.15) is 12.6 Å². The molecule has 0 saturated heterocycles. The monoisotopic (exact) mass is 290 g/mol. The number of thiol groups is 1. The maximum Gasteiger partial charge on any atom is 0.252 e. The first kappa shape index (κ1) is 12.3. The zero-order valence-electron chi connectivity index (χ0n) is 8.16. The van der Waals surface area contributed by atoms with Crippen LogP contribution < -0.4 is 10.9 Å². The summed E-state index contributed by atoms with van der Waals surface area (Å²) in [5.41, 5.74) is 0.133. The lowest BCUT2D eigenvalue weighted by Gasteiger charge is -2.06. The first-order valence-corrected chi connectivity index (χ1v) is 5.74. The van der Waals surface area contributed by atoms with E-state index in [2.05, 4.69) is 33.9 Å². The normalized spacial score (nSPS) is 10.1. The van der Waals surface area contributed by atoms with Crippen LogP contribution in [0.15, 0.2) is 21.5 Å². The molecule has 0 unspecified atom stereocenters. The maximum atomic E-state index is 11.6. The van der Waals surface area contributed by atoms with Crippen LogP contribution in [-0.4, -0.2) is 22.8 Å². The highest BCUT2D eigenvalue weighted by molar-refractivity contribution is 9.10. The fourth-order valence-electron chi connectivity index (χ4n) is 1.04. The average Bonchev–Trinajstić information content (AvgIpc) is 2.20. The minimum atomic E-state index is -0.270. The summed E-state index contributed by atoms with van der Waals surface area (Å²) in [5.74, 6) is 0.294. The molecule has 0 aliphatic rings. The molecular formula is C9H11BrN2O2S. The summed E-state index contributed by atoms with van der Waals surface area (Å²) in [6.45, 7) is 0.476. The van der Waals surface area contributed by atoms with Crippen LogP contribution in [0.2, 0.25) is 0 Å². The molecule has 0 bridgehead atoms. The number of aryl methyl sites for hydroxylation is 1. The van der Waals surface area contributed by atoms with Gasteiger partial charge in [-0.3, -0.25) is 9.59 Å². The Labute approximate surface area is 101 Å². The molecule has 0 fully saturated rings. The van der Waals surface area contributed by atoms with E-state index in [1.165, 1.54) is 10.6 Å². The molecule has 0 spiro atoms. The van der Waals surface area contributed by atoms with E-state index in [1.807, 2.05) is 0 Å². The topological polar surface area (TPSA) is 51.1 Å². The van der Waals surface area contributed by atoms with Crippen LogP contribution in [0.25, 0.3) is 0 Å². The van der Waals surface area contributed by atoms with E-state index >= 15 is 0 Å². The molecule has 1 amide bonds. The Kier molecular flexibility index (Phi) is 4.41. The molecule has 0 saturated carbocycles. The second kappa shape index (κ2) is 5.37. The van der Waals surface area contributed by atoms with Crippen LogP contribution in [0, 0.1) is 0 Å². The van der Waals surface area contributed by atoms with E-state index in [1.54, 1.807) is 13.2 Å². The summed E-state index contributed by atoms with van der Waals surface area (Å²) < 4.78 is 2.00. The minimum absolute atomic E-state index is 0.214. The molecule has 0 aromatic carbocycles. The third-order valence-corrected chi connectivity index (χ3v) is 2.68. The van der Waals surface area contributed by atoms with Gasteiger partial charge in [0.25, 0.3) is 11.5 Å². The lowest BCUT2D eigenvalue weighted by molar-refractivity contribution is 0.0955. The van der Waals surface area contributed by atoms with Gasteiger partial charge in [0.1, 0.15) is 0 Å². The van der Waals surface area contributed by atoms with Crippen molar-refractivity contribution in [2.24, 2.45) is 7.05 Å². The van der Waals surface area contributed by atoms with Crippen LogP contribution in [0.5, 0.6) is 0 Å². The predicted octanol–water partition coefficient (Wildman–Crippen LogP) is 0.807. The van der Waals surface area contributed by atoms with Crippen LogP contribution in [0.1, 0.15) is 10.4 Å². The summed E-state index contributed by atoms with van der Waals surface area (Å²) in [6.07, 6.45) is 1.57. The molecule has 1 aromatic rings. The number of carbonyl (C=O) groups is 1. The summed E-state index contributed by atoms with van der Waals surface area (Å²) in [6, 6.07) is 1.30. The number of pyridine rings is 1. The zero-order valence-corrected chi connectivity index (χ0v) is 10.6. The molecule has 4 nitrogen and oxygen atoms in total. The van der Waals surface area contributed by atoms with Crippen LogP contribution >= 0.6 is 28.6 Å². The van der Waals surface area contributed by atoms with Crippen molar-refractivity contribution in [3.8, 4) is 0 Å². The highest BCUT2D eigenvalue weighted by Gasteiger charge is 2.10. The van der Waals surface area contributed by atoms with Crippen molar-refractivity contribution in [3.63, 3.8) is 0 Å². The molecule has 1 heterocycles. The molecule has 82 valence electrons. The third-order valence-electron chi connectivity index (χ3n) is 1.82. The van der Waals surface area contributed by atoms with Crippen LogP contribution in [0.3, 0.4) is 0 Å². The van der Waals surface area contributed by atoms with Crippen LogP contribution in [0.4, 0.5) is 0 Å². The van der Waals surface area contributed by atoms with E-state index in [0.29, 0.717) is 22.3 Å². The minimum Gasteiger partial charge on any atom is -0.351 e. The van der Waals surface area contributed by atoms with Gasteiger partial charge in [0.05, 0.1) is 5.56 Å². The molecular weight excluding hydrogens is 280 g/mol. The van der Waals surface area contributed by atoms with Crippen molar-refractivity contribution in [1.82, 2.24) is 9.88 Å². The van der Waals surface area contributed by atoms with Crippen molar-refractivity contribution in [2.45, 2.75) is 0 Å². The van der Waals surface area contributed by atoms with Crippen molar-refractivity contribution >= 4 is 34.5 Å². The first-order chi connectivity index (χ1) is 7.06. The summed E-state index contributed by atoms with van der Waals surface area (Å²) >= 11 is 7.21. The fraction of sp³-hybridized carbons (Fsp3) is 0.333. The number of nitrogens with zero attached hydrogens (tertiary/aromatic N) is 1. The molecule has 0 atom stereocenters. The van der Waals surface area contributed by atoms with Crippen molar-refractivity contribution < 1.29 is 4.79 Å².